The normalized spacial score (nSPS) is 16.9. The number of ether oxygens (including phenoxy) is 1. The molecule has 1 aliphatic rings. The van der Waals surface area contributed by atoms with Crippen LogP contribution >= 0.6 is 0 Å². The van der Waals surface area contributed by atoms with E-state index in [-0.39, 0.29) is 11.9 Å². The van der Waals surface area contributed by atoms with Gasteiger partial charge in [0.2, 0.25) is 5.91 Å². The van der Waals surface area contributed by atoms with Crippen LogP contribution in [0.15, 0.2) is 48.5 Å². The molecule has 5 nitrogen and oxygen atoms in total. The van der Waals surface area contributed by atoms with Crippen molar-refractivity contribution in [1.82, 2.24) is 14.8 Å². The first-order valence-corrected chi connectivity index (χ1v) is 9.21. The summed E-state index contributed by atoms with van der Waals surface area (Å²) in [4.78, 5) is 21.6. The lowest BCUT2D eigenvalue weighted by Gasteiger charge is -2.25. The summed E-state index contributed by atoms with van der Waals surface area (Å²) in [6, 6.07) is 15.8. The molecule has 5 heteroatoms. The average molecular weight is 353 g/mol. The summed E-state index contributed by atoms with van der Waals surface area (Å²) < 4.78 is 5.67. The molecule has 0 radical (unpaired) electrons. The molecular weight excluding hydrogens is 326 g/mol. The number of hydrogen-bond acceptors (Lipinski definition) is 4. The van der Waals surface area contributed by atoms with Crippen molar-refractivity contribution < 1.29 is 9.53 Å². The number of likely N-dealkylation sites (tertiary alicyclic amines) is 1. The average Bonchev–Trinajstić information content (AvgIpc) is 3.12. The Morgan fingerprint density at radius 3 is 2.77 bits per heavy atom. The lowest BCUT2D eigenvalue weighted by molar-refractivity contribution is -0.132. The van der Waals surface area contributed by atoms with Gasteiger partial charge < -0.3 is 14.5 Å². The first kappa shape index (κ1) is 18.4. The quantitative estimate of drug-likeness (QED) is 0.766. The van der Waals surface area contributed by atoms with Gasteiger partial charge in [-0.3, -0.25) is 9.78 Å². The molecule has 3 rings (SSSR count). The maximum absolute atomic E-state index is 12.7. The number of rotatable bonds is 7. The van der Waals surface area contributed by atoms with Crippen molar-refractivity contribution >= 4 is 5.91 Å². The molecule has 1 aromatic carbocycles. The first-order valence-electron chi connectivity index (χ1n) is 9.21. The van der Waals surface area contributed by atoms with Crippen LogP contribution in [0.4, 0.5) is 0 Å². The van der Waals surface area contributed by atoms with Gasteiger partial charge >= 0.3 is 0 Å². The van der Waals surface area contributed by atoms with Crippen LogP contribution in [0.5, 0.6) is 5.75 Å². The van der Waals surface area contributed by atoms with E-state index in [0.717, 1.165) is 43.1 Å². The zero-order chi connectivity index (χ0) is 18.4. The molecule has 0 aliphatic carbocycles. The van der Waals surface area contributed by atoms with E-state index in [2.05, 4.69) is 4.90 Å². The molecule has 0 saturated carbocycles. The second kappa shape index (κ2) is 8.81. The zero-order valence-corrected chi connectivity index (χ0v) is 15.6. The topological polar surface area (TPSA) is 45.7 Å². The minimum Gasteiger partial charge on any atom is -0.493 e. The summed E-state index contributed by atoms with van der Waals surface area (Å²) in [7, 11) is 4.07. The Labute approximate surface area is 155 Å². The third-order valence-electron chi connectivity index (χ3n) is 4.55. The van der Waals surface area contributed by atoms with Gasteiger partial charge in [-0.05, 0) is 51.2 Å². The summed E-state index contributed by atoms with van der Waals surface area (Å²) in [5.74, 6) is 0.944. The molecule has 0 N–H and O–H groups in total. The predicted molar refractivity (Wildman–Crippen MR) is 102 cm³/mol. The maximum Gasteiger partial charge on any atom is 0.226 e. The molecule has 1 amide bonds. The number of amides is 1. The molecule has 26 heavy (non-hydrogen) atoms. The van der Waals surface area contributed by atoms with Gasteiger partial charge in [0.05, 0.1) is 30.5 Å². The van der Waals surface area contributed by atoms with Crippen LogP contribution in [0.25, 0.3) is 0 Å². The Morgan fingerprint density at radius 1 is 1.19 bits per heavy atom. The van der Waals surface area contributed by atoms with E-state index < -0.39 is 0 Å². The smallest absolute Gasteiger partial charge is 0.226 e. The highest BCUT2D eigenvalue weighted by Gasteiger charge is 2.30. The first-order chi connectivity index (χ1) is 12.6. The van der Waals surface area contributed by atoms with Crippen LogP contribution in [0.3, 0.4) is 0 Å². The molecule has 1 atom stereocenters. The Morgan fingerprint density at radius 2 is 2.00 bits per heavy atom. The van der Waals surface area contributed by atoms with E-state index in [1.807, 2.05) is 67.5 Å². The molecule has 0 unspecified atom stereocenters. The van der Waals surface area contributed by atoms with Crippen LogP contribution in [-0.4, -0.2) is 47.9 Å². The van der Waals surface area contributed by atoms with E-state index in [1.165, 1.54) is 0 Å². The third-order valence-corrected chi connectivity index (χ3v) is 4.55. The van der Waals surface area contributed by atoms with Crippen molar-refractivity contribution in [1.29, 1.82) is 0 Å². The summed E-state index contributed by atoms with van der Waals surface area (Å²) in [6.07, 6.45) is 2.39. The molecule has 138 valence electrons. The van der Waals surface area contributed by atoms with Gasteiger partial charge in [-0.1, -0.05) is 24.3 Å². The minimum absolute atomic E-state index is 0.0846. The fourth-order valence-electron chi connectivity index (χ4n) is 3.39. The summed E-state index contributed by atoms with van der Waals surface area (Å²) in [5.41, 5.74) is 2.04. The Hall–Kier alpha value is -2.40. The largest absolute Gasteiger partial charge is 0.493 e. The number of para-hydroxylation sites is 1. The number of nitrogens with zero attached hydrogens (tertiary/aromatic N) is 3. The highest BCUT2D eigenvalue weighted by Crippen LogP contribution is 2.31. The number of hydrogen-bond donors (Lipinski definition) is 0. The van der Waals surface area contributed by atoms with E-state index in [9.17, 15) is 4.79 Å². The van der Waals surface area contributed by atoms with Crippen LogP contribution in [0.2, 0.25) is 0 Å². The van der Waals surface area contributed by atoms with Gasteiger partial charge in [0.15, 0.2) is 0 Å². The molecule has 1 aliphatic heterocycles. The van der Waals surface area contributed by atoms with Gasteiger partial charge in [-0.15, -0.1) is 0 Å². The van der Waals surface area contributed by atoms with E-state index in [0.29, 0.717) is 13.0 Å². The summed E-state index contributed by atoms with van der Waals surface area (Å²) in [6.45, 7) is 2.01. The molecule has 1 saturated heterocycles. The number of carbonyl (C=O) groups is 1. The van der Waals surface area contributed by atoms with Gasteiger partial charge in [0.1, 0.15) is 5.75 Å². The van der Waals surface area contributed by atoms with E-state index in [1.54, 1.807) is 0 Å². The van der Waals surface area contributed by atoms with Gasteiger partial charge in [-0.25, -0.2) is 0 Å². The van der Waals surface area contributed by atoms with Gasteiger partial charge in [0.25, 0.3) is 0 Å². The van der Waals surface area contributed by atoms with E-state index in [4.69, 9.17) is 9.72 Å². The van der Waals surface area contributed by atoms with Crippen molar-refractivity contribution in [2.24, 2.45) is 0 Å². The molecule has 1 fully saturated rings. The number of pyridine rings is 1. The van der Waals surface area contributed by atoms with Crippen LogP contribution < -0.4 is 4.74 Å². The van der Waals surface area contributed by atoms with Crippen LogP contribution in [0, 0.1) is 0 Å². The van der Waals surface area contributed by atoms with Crippen LogP contribution in [-0.2, 0) is 11.3 Å². The number of carbonyl (C=O) groups excluding carboxylic acids is 1. The standard InChI is InChI=1S/C21H27N3O2/c1-23(2)16-17-8-6-11-19(22-17)20-12-7-14-24(20)21(25)13-15-26-18-9-4-3-5-10-18/h3-6,8-11,20H,7,12-16H2,1-2H3/t20-/m1/s1. The molecule has 1 aromatic heterocycles. The van der Waals surface area contributed by atoms with Gasteiger partial charge in [-0.2, -0.15) is 0 Å². The Kier molecular flexibility index (Phi) is 6.23. The van der Waals surface area contributed by atoms with Crippen molar-refractivity contribution in [3.63, 3.8) is 0 Å². The second-order valence-corrected chi connectivity index (χ2v) is 6.95. The summed E-state index contributed by atoms with van der Waals surface area (Å²) >= 11 is 0. The van der Waals surface area contributed by atoms with Crippen molar-refractivity contribution in [3.8, 4) is 5.75 Å². The molecule has 2 aromatic rings. The number of aromatic nitrogens is 1. The highest BCUT2D eigenvalue weighted by molar-refractivity contribution is 5.77. The molecule has 2 heterocycles. The van der Waals surface area contributed by atoms with Crippen molar-refractivity contribution in [2.75, 3.05) is 27.2 Å². The predicted octanol–water partition coefficient (Wildman–Crippen LogP) is 3.28. The number of benzene rings is 1. The molecule has 0 bridgehead atoms. The van der Waals surface area contributed by atoms with E-state index >= 15 is 0 Å². The lowest BCUT2D eigenvalue weighted by Crippen LogP contribution is -2.32. The monoisotopic (exact) mass is 353 g/mol. The third kappa shape index (κ3) is 4.82. The Balaban J connectivity index is 1.59. The fourth-order valence-corrected chi connectivity index (χ4v) is 3.39. The van der Waals surface area contributed by atoms with Crippen molar-refractivity contribution in [3.05, 3.63) is 59.9 Å². The highest BCUT2D eigenvalue weighted by atomic mass is 16.5. The maximum atomic E-state index is 12.7. The minimum atomic E-state index is 0.0846. The fraction of sp³-hybridized carbons (Fsp3) is 0.429. The molecular formula is C21H27N3O2. The summed E-state index contributed by atoms with van der Waals surface area (Å²) in [5, 5.41) is 0. The van der Waals surface area contributed by atoms with Crippen LogP contribution in [0.1, 0.15) is 36.7 Å². The SMILES string of the molecule is CN(C)Cc1cccc([C@H]2CCCN2C(=O)CCOc2ccccc2)n1. The molecule has 0 spiro atoms. The zero-order valence-electron chi connectivity index (χ0n) is 15.6. The second-order valence-electron chi connectivity index (χ2n) is 6.95. The lowest BCUT2D eigenvalue weighted by atomic mass is 10.1. The Bertz CT molecular complexity index is 718. The van der Waals surface area contributed by atoms with Gasteiger partial charge in [0, 0.05) is 13.1 Å². The van der Waals surface area contributed by atoms with Crippen molar-refractivity contribution in [2.45, 2.75) is 31.8 Å².